The molecule has 1 fully saturated rings. The average Bonchev–Trinajstić information content (AvgIpc) is 3.17. The van der Waals surface area contributed by atoms with Crippen molar-refractivity contribution >= 4 is 27.6 Å². The lowest BCUT2D eigenvalue weighted by Crippen LogP contribution is -2.38. The molecule has 1 amide bonds. The maximum atomic E-state index is 12.2. The maximum Gasteiger partial charge on any atom is 0.412 e. The maximum absolute atomic E-state index is 12.2. The molecule has 2 heterocycles. The summed E-state index contributed by atoms with van der Waals surface area (Å²) >= 11 is 1.39. The normalized spacial score (nSPS) is 14.8. The topological polar surface area (TPSA) is 83.9 Å². The Morgan fingerprint density at radius 3 is 2.86 bits per heavy atom. The lowest BCUT2D eigenvalue weighted by molar-refractivity contribution is 0.0375. The van der Waals surface area contributed by atoms with Crippen molar-refractivity contribution in [1.29, 1.82) is 0 Å². The van der Waals surface area contributed by atoms with E-state index in [1.54, 1.807) is 24.3 Å². The highest BCUT2D eigenvalue weighted by atomic mass is 32.1. The smallest absolute Gasteiger partial charge is 0.412 e. The number of amides is 1. The summed E-state index contributed by atoms with van der Waals surface area (Å²) < 4.78 is 11.6. The molecule has 0 radical (unpaired) electrons. The molecule has 4 rings (SSSR count). The Morgan fingerprint density at radius 2 is 2.03 bits per heavy atom. The molecule has 0 spiro atoms. The van der Waals surface area contributed by atoms with Crippen molar-refractivity contribution < 1.29 is 19.4 Å². The van der Waals surface area contributed by atoms with Crippen LogP contribution in [0.25, 0.3) is 20.8 Å². The van der Waals surface area contributed by atoms with Crippen molar-refractivity contribution in [1.82, 2.24) is 15.2 Å². The number of fused-ring (bicyclic) bond motifs is 1. The van der Waals surface area contributed by atoms with E-state index in [4.69, 9.17) is 9.47 Å². The molecule has 0 atom stereocenters. The zero-order chi connectivity index (χ0) is 20.1. The fraction of sp³-hybridized carbons (Fsp3) is 0.333. The molecule has 1 aromatic heterocycles. The highest BCUT2D eigenvalue weighted by Crippen LogP contribution is 2.38. The summed E-state index contributed by atoms with van der Waals surface area (Å²) in [5.74, 6) is 0.638. The molecule has 1 aliphatic heterocycles. The van der Waals surface area contributed by atoms with Crippen LogP contribution < -0.4 is 10.1 Å². The quantitative estimate of drug-likeness (QED) is 0.602. The number of ether oxygens (including phenoxy) is 2. The van der Waals surface area contributed by atoms with E-state index in [2.05, 4.69) is 15.2 Å². The number of phenols is 1. The molecule has 0 bridgehead atoms. The van der Waals surface area contributed by atoms with Gasteiger partial charge < -0.3 is 19.9 Å². The number of hydrogen-bond acceptors (Lipinski definition) is 7. The fourth-order valence-corrected chi connectivity index (χ4v) is 4.28. The second-order valence-electron chi connectivity index (χ2n) is 6.76. The summed E-state index contributed by atoms with van der Waals surface area (Å²) in [6.07, 6.45) is 0.383. The predicted octanol–water partition coefficient (Wildman–Crippen LogP) is 3.48. The number of aromatic nitrogens is 1. The number of nitrogens with zero attached hydrogens (tertiary/aromatic N) is 2. The summed E-state index contributed by atoms with van der Waals surface area (Å²) in [5.41, 5.74) is 1.39. The Labute approximate surface area is 172 Å². The Morgan fingerprint density at radius 1 is 1.21 bits per heavy atom. The molecule has 0 unspecified atom stereocenters. The molecule has 2 aromatic carbocycles. The van der Waals surface area contributed by atoms with Crippen LogP contribution in [-0.4, -0.2) is 60.5 Å². The molecule has 0 aliphatic carbocycles. The van der Waals surface area contributed by atoms with Crippen molar-refractivity contribution in [2.24, 2.45) is 0 Å². The number of morpholine rings is 1. The number of hydrogen-bond donors (Lipinski definition) is 2. The number of benzene rings is 2. The first-order valence-corrected chi connectivity index (χ1v) is 10.5. The molecule has 1 aliphatic rings. The van der Waals surface area contributed by atoms with Crippen LogP contribution in [0, 0.1) is 0 Å². The van der Waals surface area contributed by atoms with Crippen molar-refractivity contribution in [3.63, 3.8) is 0 Å². The molecule has 1 saturated heterocycles. The van der Waals surface area contributed by atoms with Gasteiger partial charge in [0.1, 0.15) is 10.8 Å². The van der Waals surface area contributed by atoms with Gasteiger partial charge in [0.2, 0.25) is 0 Å². The highest BCUT2D eigenvalue weighted by Gasteiger charge is 2.15. The monoisotopic (exact) mass is 413 g/mol. The number of thiazole rings is 1. The zero-order valence-electron chi connectivity index (χ0n) is 16.0. The first-order valence-electron chi connectivity index (χ1n) is 9.64. The third-order valence-corrected chi connectivity index (χ3v) is 5.86. The van der Waals surface area contributed by atoms with Crippen LogP contribution in [0.15, 0.2) is 42.5 Å². The molecule has 2 N–H and O–H groups in total. The number of para-hydroxylation sites is 1. The Kier molecular flexibility index (Phi) is 6.24. The van der Waals surface area contributed by atoms with Crippen molar-refractivity contribution in [2.75, 3.05) is 39.4 Å². The van der Waals surface area contributed by atoms with Gasteiger partial charge in [0, 0.05) is 19.6 Å². The molecule has 8 heteroatoms. The van der Waals surface area contributed by atoms with Crippen LogP contribution >= 0.6 is 11.3 Å². The van der Waals surface area contributed by atoms with Crippen molar-refractivity contribution in [3.05, 3.63) is 42.5 Å². The van der Waals surface area contributed by atoms with E-state index >= 15 is 0 Å². The minimum absolute atomic E-state index is 0.173. The van der Waals surface area contributed by atoms with Gasteiger partial charge in [-0.3, -0.25) is 4.90 Å². The van der Waals surface area contributed by atoms with Gasteiger partial charge in [0.25, 0.3) is 0 Å². The van der Waals surface area contributed by atoms with Gasteiger partial charge in [-0.15, -0.1) is 11.3 Å². The minimum Gasteiger partial charge on any atom is -0.507 e. The Bertz CT molecular complexity index is 985. The van der Waals surface area contributed by atoms with E-state index in [1.165, 1.54) is 11.3 Å². The van der Waals surface area contributed by atoms with Crippen LogP contribution in [-0.2, 0) is 4.74 Å². The van der Waals surface area contributed by atoms with Crippen LogP contribution in [0.4, 0.5) is 4.79 Å². The van der Waals surface area contributed by atoms with E-state index in [1.807, 2.05) is 18.2 Å². The SMILES string of the molecule is O=C(NCCCN1CCOCC1)Oc1cccc2nc(-c3ccccc3O)sc12. The Hall–Kier alpha value is -2.68. The predicted molar refractivity (Wildman–Crippen MR) is 113 cm³/mol. The van der Waals surface area contributed by atoms with Crippen LogP contribution in [0.3, 0.4) is 0 Å². The van der Waals surface area contributed by atoms with Crippen LogP contribution in [0.2, 0.25) is 0 Å². The van der Waals surface area contributed by atoms with Gasteiger partial charge in [-0.2, -0.15) is 0 Å². The summed E-state index contributed by atoms with van der Waals surface area (Å²) in [6.45, 7) is 4.92. The molecular weight excluding hydrogens is 390 g/mol. The lowest BCUT2D eigenvalue weighted by atomic mass is 10.2. The minimum atomic E-state index is -0.475. The van der Waals surface area contributed by atoms with Gasteiger partial charge in [0.05, 0.1) is 29.0 Å². The first-order chi connectivity index (χ1) is 14.2. The number of rotatable bonds is 6. The summed E-state index contributed by atoms with van der Waals surface area (Å²) in [7, 11) is 0. The largest absolute Gasteiger partial charge is 0.507 e. The van der Waals surface area contributed by atoms with E-state index < -0.39 is 6.09 Å². The van der Waals surface area contributed by atoms with Gasteiger partial charge in [-0.25, -0.2) is 9.78 Å². The number of nitrogens with one attached hydrogen (secondary N) is 1. The second-order valence-corrected chi connectivity index (χ2v) is 7.76. The van der Waals surface area contributed by atoms with E-state index in [0.717, 1.165) is 49.5 Å². The van der Waals surface area contributed by atoms with E-state index in [0.29, 0.717) is 22.9 Å². The Balaban J connectivity index is 1.37. The van der Waals surface area contributed by atoms with Gasteiger partial charge in [-0.1, -0.05) is 18.2 Å². The number of phenolic OH excluding ortho intramolecular Hbond substituents is 1. The lowest BCUT2D eigenvalue weighted by Gasteiger charge is -2.26. The molecule has 152 valence electrons. The zero-order valence-corrected chi connectivity index (χ0v) is 16.8. The number of aromatic hydroxyl groups is 1. The molecule has 0 saturated carbocycles. The van der Waals surface area contributed by atoms with Crippen LogP contribution in [0.1, 0.15) is 6.42 Å². The molecule has 7 nitrogen and oxygen atoms in total. The first kappa shape index (κ1) is 19.6. The standard InChI is InChI=1S/C21H23N3O4S/c25-17-7-2-1-5-15(17)20-23-16-6-3-8-18(19(16)29-20)28-21(26)22-9-4-10-24-11-13-27-14-12-24/h1-3,5-8,25H,4,9-14H2,(H,22,26). The second kappa shape index (κ2) is 9.21. The molecule has 29 heavy (non-hydrogen) atoms. The van der Waals surface area contributed by atoms with E-state index in [-0.39, 0.29) is 5.75 Å². The molecular formula is C21H23N3O4S. The van der Waals surface area contributed by atoms with Gasteiger partial charge in [0.15, 0.2) is 5.75 Å². The third-order valence-electron chi connectivity index (χ3n) is 4.74. The summed E-state index contributed by atoms with van der Waals surface area (Å²) in [4.78, 5) is 19.1. The summed E-state index contributed by atoms with van der Waals surface area (Å²) in [5, 5.41) is 13.6. The van der Waals surface area contributed by atoms with Gasteiger partial charge in [-0.05, 0) is 37.2 Å². The fourth-order valence-electron chi connectivity index (χ4n) is 3.23. The summed E-state index contributed by atoms with van der Waals surface area (Å²) in [6, 6.07) is 12.5. The van der Waals surface area contributed by atoms with Crippen molar-refractivity contribution in [2.45, 2.75) is 6.42 Å². The number of carbonyl (C=O) groups excluding carboxylic acids is 1. The van der Waals surface area contributed by atoms with Crippen LogP contribution in [0.5, 0.6) is 11.5 Å². The third kappa shape index (κ3) is 4.84. The molecule has 3 aromatic rings. The highest BCUT2D eigenvalue weighted by molar-refractivity contribution is 7.22. The van der Waals surface area contributed by atoms with E-state index in [9.17, 15) is 9.90 Å². The van der Waals surface area contributed by atoms with Crippen molar-refractivity contribution in [3.8, 4) is 22.1 Å². The number of carbonyl (C=O) groups is 1. The van der Waals surface area contributed by atoms with Gasteiger partial charge >= 0.3 is 6.09 Å². The average molecular weight is 413 g/mol.